The fraction of sp³-hybridized carbons (Fsp3) is 0.400. The quantitative estimate of drug-likeness (QED) is 0.877. The van der Waals surface area contributed by atoms with Crippen molar-refractivity contribution in [2.75, 3.05) is 25.1 Å². The summed E-state index contributed by atoms with van der Waals surface area (Å²) in [4.78, 5) is 16.5. The van der Waals surface area contributed by atoms with Gasteiger partial charge in [0.25, 0.3) is 0 Å². The van der Waals surface area contributed by atoms with Crippen LogP contribution in [0, 0.1) is 5.41 Å². The molecule has 3 N–H and O–H groups in total. The van der Waals surface area contributed by atoms with E-state index in [0.29, 0.717) is 38.4 Å². The molecule has 2 aromatic rings. The van der Waals surface area contributed by atoms with E-state index in [1.165, 1.54) is 0 Å². The van der Waals surface area contributed by atoms with Crippen molar-refractivity contribution in [3.63, 3.8) is 0 Å². The number of anilines is 1. The first-order chi connectivity index (χ1) is 10.7. The molecule has 0 unspecified atom stereocenters. The summed E-state index contributed by atoms with van der Waals surface area (Å²) in [6.07, 6.45) is 6.46. The van der Waals surface area contributed by atoms with Crippen LogP contribution in [0.3, 0.4) is 0 Å². The van der Waals surface area contributed by atoms with Crippen LogP contribution in [0.1, 0.15) is 12.8 Å². The lowest BCUT2D eigenvalue weighted by atomic mass is 9.79. The van der Waals surface area contributed by atoms with Gasteiger partial charge in [-0.15, -0.1) is 0 Å². The van der Waals surface area contributed by atoms with Crippen molar-refractivity contribution in [1.82, 2.24) is 14.8 Å². The fourth-order valence-electron chi connectivity index (χ4n) is 2.57. The molecule has 0 radical (unpaired) electrons. The number of carbonyl (C=O) groups is 1. The van der Waals surface area contributed by atoms with Crippen LogP contribution in [0.15, 0.2) is 36.8 Å². The molecule has 1 fully saturated rings. The minimum atomic E-state index is -0.557. The van der Waals surface area contributed by atoms with Gasteiger partial charge >= 0.3 is 0 Å². The van der Waals surface area contributed by atoms with Crippen molar-refractivity contribution in [2.24, 2.45) is 11.1 Å². The number of hydrogen-bond acceptors (Lipinski definition) is 5. The molecule has 0 atom stereocenters. The zero-order chi connectivity index (χ0) is 15.4. The topological polar surface area (TPSA) is 95.1 Å². The van der Waals surface area contributed by atoms with Crippen molar-refractivity contribution in [3.05, 3.63) is 36.8 Å². The summed E-state index contributed by atoms with van der Waals surface area (Å²) in [6.45, 7) is 1.44. The van der Waals surface area contributed by atoms with Gasteiger partial charge in [-0.25, -0.2) is 4.68 Å². The van der Waals surface area contributed by atoms with Crippen LogP contribution in [-0.4, -0.2) is 40.4 Å². The molecule has 1 saturated heterocycles. The van der Waals surface area contributed by atoms with E-state index in [1.54, 1.807) is 29.3 Å². The molecule has 3 heterocycles. The zero-order valence-corrected chi connectivity index (χ0v) is 12.2. The number of nitrogens with zero attached hydrogens (tertiary/aromatic N) is 3. The molecular formula is C15H19N5O2. The highest BCUT2D eigenvalue weighted by Gasteiger charge is 2.39. The van der Waals surface area contributed by atoms with Crippen LogP contribution in [0.2, 0.25) is 0 Å². The molecule has 7 nitrogen and oxygen atoms in total. The minimum Gasteiger partial charge on any atom is -0.381 e. The van der Waals surface area contributed by atoms with Gasteiger partial charge in [0.15, 0.2) is 5.82 Å². The van der Waals surface area contributed by atoms with E-state index in [2.05, 4.69) is 15.4 Å². The Bertz CT molecular complexity index is 634. The predicted octanol–water partition coefficient (Wildman–Crippen LogP) is 0.961. The van der Waals surface area contributed by atoms with Crippen molar-refractivity contribution in [1.29, 1.82) is 0 Å². The number of amides is 1. The van der Waals surface area contributed by atoms with E-state index < -0.39 is 5.41 Å². The highest BCUT2D eigenvalue weighted by Crippen LogP contribution is 2.30. The average molecular weight is 301 g/mol. The standard InChI is InChI=1S/C15H19N5O2/c16-11-15(4-9-22-10-5-15)14(21)18-13-3-8-20(19-13)12-1-6-17-7-2-12/h1-3,6-8H,4-5,9-11,16H2,(H,18,19,21). The number of pyridine rings is 1. The molecule has 0 saturated carbocycles. The van der Waals surface area contributed by atoms with Gasteiger partial charge in [-0.1, -0.05) is 0 Å². The van der Waals surface area contributed by atoms with Crippen molar-refractivity contribution in [2.45, 2.75) is 12.8 Å². The van der Waals surface area contributed by atoms with Crippen LogP contribution < -0.4 is 11.1 Å². The number of nitrogens with one attached hydrogen (secondary N) is 1. The Kier molecular flexibility index (Phi) is 4.17. The Labute approximate surface area is 128 Å². The van der Waals surface area contributed by atoms with Crippen molar-refractivity contribution in [3.8, 4) is 5.69 Å². The first kappa shape index (κ1) is 14.7. The highest BCUT2D eigenvalue weighted by atomic mass is 16.5. The summed E-state index contributed by atoms with van der Waals surface area (Å²) in [5.74, 6) is 0.430. The molecule has 2 aromatic heterocycles. The second kappa shape index (κ2) is 6.25. The van der Waals surface area contributed by atoms with Gasteiger partial charge in [0, 0.05) is 44.4 Å². The third-order valence-electron chi connectivity index (χ3n) is 4.08. The number of hydrogen-bond donors (Lipinski definition) is 2. The third kappa shape index (κ3) is 2.86. The lowest BCUT2D eigenvalue weighted by Gasteiger charge is -2.34. The number of aromatic nitrogens is 3. The molecule has 0 aromatic carbocycles. The summed E-state index contributed by atoms with van der Waals surface area (Å²) in [7, 11) is 0. The van der Waals surface area contributed by atoms with E-state index in [-0.39, 0.29) is 5.91 Å². The van der Waals surface area contributed by atoms with E-state index in [1.807, 2.05) is 12.1 Å². The van der Waals surface area contributed by atoms with Gasteiger partial charge in [-0.3, -0.25) is 9.78 Å². The Morgan fingerprint density at radius 1 is 1.32 bits per heavy atom. The summed E-state index contributed by atoms with van der Waals surface area (Å²) in [6, 6.07) is 5.46. The van der Waals surface area contributed by atoms with Crippen LogP contribution in [0.5, 0.6) is 0 Å². The van der Waals surface area contributed by atoms with Gasteiger partial charge < -0.3 is 15.8 Å². The van der Waals surface area contributed by atoms with Gasteiger partial charge in [-0.2, -0.15) is 5.10 Å². The first-order valence-electron chi connectivity index (χ1n) is 7.29. The van der Waals surface area contributed by atoms with Crippen LogP contribution >= 0.6 is 0 Å². The molecule has 116 valence electrons. The second-order valence-electron chi connectivity index (χ2n) is 5.40. The highest BCUT2D eigenvalue weighted by molar-refractivity contribution is 5.94. The van der Waals surface area contributed by atoms with E-state index in [9.17, 15) is 4.79 Å². The molecular weight excluding hydrogens is 282 g/mol. The maximum Gasteiger partial charge on any atom is 0.233 e. The fourth-order valence-corrected chi connectivity index (χ4v) is 2.57. The van der Waals surface area contributed by atoms with Crippen LogP contribution in [-0.2, 0) is 9.53 Å². The lowest BCUT2D eigenvalue weighted by molar-refractivity contribution is -0.130. The molecule has 0 bridgehead atoms. The summed E-state index contributed by atoms with van der Waals surface area (Å²) in [5, 5.41) is 7.24. The number of ether oxygens (including phenoxy) is 1. The Hall–Kier alpha value is -2.25. The number of nitrogens with two attached hydrogens (primary N) is 1. The Morgan fingerprint density at radius 3 is 2.73 bits per heavy atom. The maximum absolute atomic E-state index is 12.6. The third-order valence-corrected chi connectivity index (χ3v) is 4.08. The lowest BCUT2D eigenvalue weighted by Crippen LogP contribution is -2.46. The largest absolute Gasteiger partial charge is 0.381 e. The molecule has 0 aliphatic carbocycles. The second-order valence-corrected chi connectivity index (χ2v) is 5.40. The summed E-state index contributed by atoms with van der Waals surface area (Å²) >= 11 is 0. The molecule has 1 amide bonds. The minimum absolute atomic E-state index is 0.0849. The SMILES string of the molecule is NCC1(C(=O)Nc2ccn(-c3ccncc3)n2)CCOCC1. The summed E-state index contributed by atoms with van der Waals surface area (Å²) in [5.41, 5.74) is 6.17. The van der Waals surface area contributed by atoms with E-state index in [0.717, 1.165) is 5.69 Å². The van der Waals surface area contributed by atoms with Gasteiger partial charge in [0.2, 0.25) is 5.91 Å². The van der Waals surface area contributed by atoms with Gasteiger partial charge in [0.1, 0.15) is 0 Å². The Balaban J connectivity index is 1.73. The number of carbonyl (C=O) groups excluding carboxylic acids is 1. The van der Waals surface area contributed by atoms with E-state index in [4.69, 9.17) is 10.5 Å². The molecule has 0 spiro atoms. The zero-order valence-electron chi connectivity index (χ0n) is 12.2. The smallest absolute Gasteiger partial charge is 0.233 e. The van der Waals surface area contributed by atoms with Crippen molar-refractivity contribution >= 4 is 11.7 Å². The average Bonchev–Trinajstić information content (AvgIpc) is 3.05. The predicted molar refractivity (Wildman–Crippen MR) is 81.5 cm³/mol. The van der Waals surface area contributed by atoms with Crippen LogP contribution in [0.4, 0.5) is 5.82 Å². The summed E-state index contributed by atoms with van der Waals surface area (Å²) < 4.78 is 7.02. The molecule has 7 heteroatoms. The molecule has 22 heavy (non-hydrogen) atoms. The monoisotopic (exact) mass is 301 g/mol. The molecule has 1 aliphatic heterocycles. The molecule has 1 aliphatic rings. The number of rotatable bonds is 4. The molecule has 3 rings (SSSR count). The van der Waals surface area contributed by atoms with Gasteiger partial charge in [-0.05, 0) is 25.0 Å². The van der Waals surface area contributed by atoms with Crippen LogP contribution in [0.25, 0.3) is 5.69 Å². The van der Waals surface area contributed by atoms with E-state index >= 15 is 0 Å². The first-order valence-corrected chi connectivity index (χ1v) is 7.29. The Morgan fingerprint density at radius 2 is 2.05 bits per heavy atom. The maximum atomic E-state index is 12.6. The normalized spacial score (nSPS) is 17.1. The van der Waals surface area contributed by atoms with Crippen molar-refractivity contribution < 1.29 is 9.53 Å². The van der Waals surface area contributed by atoms with Gasteiger partial charge in [0.05, 0.1) is 11.1 Å².